The molecular formula is C15H28N4OS. The van der Waals surface area contributed by atoms with Gasteiger partial charge in [0.2, 0.25) is 5.91 Å². The van der Waals surface area contributed by atoms with E-state index in [1.807, 2.05) is 17.8 Å². The molecule has 1 fully saturated rings. The largest absolute Gasteiger partial charge is 0.370 e. The van der Waals surface area contributed by atoms with Gasteiger partial charge in [-0.3, -0.25) is 9.79 Å². The highest BCUT2D eigenvalue weighted by Gasteiger charge is 2.23. The Labute approximate surface area is 132 Å². The van der Waals surface area contributed by atoms with Crippen LogP contribution in [0.2, 0.25) is 0 Å². The monoisotopic (exact) mass is 312 g/mol. The summed E-state index contributed by atoms with van der Waals surface area (Å²) >= 11 is 1.84. The molecule has 0 saturated carbocycles. The van der Waals surface area contributed by atoms with Crippen LogP contribution in [0.4, 0.5) is 0 Å². The van der Waals surface area contributed by atoms with Crippen molar-refractivity contribution >= 4 is 23.6 Å². The van der Waals surface area contributed by atoms with Gasteiger partial charge in [0.25, 0.3) is 0 Å². The SMILES string of the molecule is C=CCSCCN=C(NCC)N1CCCC(CC(N)=O)C1. The normalized spacial score (nSPS) is 19.4. The number of piperidine rings is 1. The number of nitrogens with two attached hydrogens (primary N) is 1. The molecular weight excluding hydrogens is 284 g/mol. The van der Waals surface area contributed by atoms with Gasteiger partial charge in [-0.2, -0.15) is 11.8 Å². The van der Waals surface area contributed by atoms with Gasteiger partial charge in [0, 0.05) is 37.6 Å². The second-order valence-corrected chi connectivity index (χ2v) is 6.37. The predicted octanol–water partition coefficient (Wildman–Crippen LogP) is 1.46. The van der Waals surface area contributed by atoms with Crippen molar-refractivity contribution < 1.29 is 4.79 Å². The van der Waals surface area contributed by atoms with Crippen molar-refractivity contribution in [1.29, 1.82) is 0 Å². The number of hydrogen-bond donors (Lipinski definition) is 2. The summed E-state index contributed by atoms with van der Waals surface area (Å²) in [7, 11) is 0. The second kappa shape index (κ2) is 10.5. The number of carbonyl (C=O) groups excluding carboxylic acids is 1. The topological polar surface area (TPSA) is 70.7 Å². The minimum Gasteiger partial charge on any atom is -0.370 e. The van der Waals surface area contributed by atoms with E-state index in [-0.39, 0.29) is 5.91 Å². The first kappa shape index (κ1) is 17.9. The van der Waals surface area contributed by atoms with Gasteiger partial charge in [-0.15, -0.1) is 6.58 Å². The van der Waals surface area contributed by atoms with E-state index in [1.54, 1.807) is 0 Å². The molecule has 1 aliphatic heterocycles. The number of carbonyl (C=O) groups is 1. The van der Waals surface area contributed by atoms with Crippen LogP contribution in [0.25, 0.3) is 0 Å². The molecule has 3 N–H and O–H groups in total. The highest BCUT2D eigenvalue weighted by atomic mass is 32.2. The van der Waals surface area contributed by atoms with E-state index < -0.39 is 0 Å². The molecule has 1 saturated heterocycles. The van der Waals surface area contributed by atoms with Crippen LogP contribution in [0.15, 0.2) is 17.6 Å². The summed E-state index contributed by atoms with van der Waals surface area (Å²) in [6.45, 7) is 9.32. The molecule has 0 bridgehead atoms. The maximum absolute atomic E-state index is 11.1. The van der Waals surface area contributed by atoms with Crippen LogP contribution in [-0.4, -0.2) is 54.5 Å². The fourth-order valence-corrected chi connectivity index (χ4v) is 3.07. The van der Waals surface area contributed by atoms with E-state index >= 15 is 0 Å². The molecule has 120 valence electrons. The molecule has 0 aliphatic carbocycles. The first-order valence-electron chi connectivity index (χ1n) is 7.67. The second-order valence-electron chi connectivity index (χ2n) is 5.22. The van der Waals surface area contributed by atoms with Gasteiger partial charge in [-0.1, -0.05) is 6.08 Å². The van der Waals surface area contributed by atoms with E-state index in [2.05, 4.69) is 28.7 Å². The van der Waals surface area contributed by atoms with E-state index in [1.165, 1.54) is 0 Å². The Morgan fingerprint density at radius 1 is 1.62 bits per heavy atom. The molecule has 1 heterocycles. The zero-order valence-electron chi connectivity index (χ0n) is 13.0. The maximum atomic E-state index is 11.1. The van der Waals surface area contributed by atoms with Gasteiger partial charge in [0.05, 0.1) is 6.54 Å². The molecule has 0 radical (unpaired) electrons. The molecule has 0 aromatic carbocycles. The average Bonchev–Trinajstić information content (AvgIpc) is 2.45. The van der Waals surface area contributed by atoms with E-state index in [4.69, 9.17) is 5.73 Å². The Kier molecular flexibility index (Phi) is 8.98. The standard InChI is InChI=1S/C15H28N4OS/c1-3-9-21-10-7-18-15(17-4-2)19-8-5-6-13(12-19)11-14(16)20/h3,13H,1,4-12H2,2H3,(H2,16,20)(H,17,18). The smallest absolute Gasteiger partial charge is 0.217 e. The summed E-state index contributed by atoms with van der Waals surface area (Å²) in [5.74, 6) is 3.08. The van der Waals surface area contributed by atoms with Crippen molar-refractivity contribution in [3.63, 3.8) is 0 Å². The van der Waals surface area contributed by atoms with Crippen molar-refractivity contribution in [3.05, 3.63) is 12.7 Å². The van der Waals surface area contributed by atoms with Gasteiger partial charge in [-0.05, 0) is 25.7 Å². The number of likely N-dealkylation sites (tertiary alicyclic amines) is 1. The molecule has 0 aromatic rings. The summed E-state index contributed by atoms with van der Waals surface area (Å²) in [4.78, 5) is 18.0. The molecule has 5 nitrogen and oxygen atoms in total. The highest BCUT2D eigenvalue weighted by Crippen LogP contribution is 2.19. The third kappa shape index (κ3) is 7.41. The maximum Gasteiger partial charge on any atom is 0.217 e. The van der Waals surface area contributed by atoms with Crippen molar-refractivity contribution in [2.24, 2.45) is 16.6 Å². The van der Waals surface area contributed by atoms with E-state index in [0.717, 1.165) is 56.5 Å². The molecule has 1 amide bonds. The fourth-order valence-electron chi connectivity index (χ4n) is 2.52. The van der Waals surface area contributed by atoms with Gasteiger partial charge < -0.3 is 16.0 Å². The summed E-state index contributed by atoms with van der Waals surface area (Å²) in [6.07, 6.45) is 4.56. The Hall–Kier alpha value is -1.17. The number of aliphatic imine (C=N–C) groups is 1. The summed E-state index contributed by atoms with van der Waals surface area (Å²) in [5, 5.41) is 3.35. The van der Waals surface area contributed by atoms with Crippen molar-refractivity contribution in [3.8, 4) is 0 Å². The predicted molar refractivity (Wildman–Crippen MR) is 91.6 cm³/mol. The lowest BCUT2D eigenvalue weighted by molar-refractivity contribution is -0.119. The third-order valence-electron chi connectivity index (χ3n) is 3.38. The summed E-state index contributed by atoms with van der Waals surface area (Å²) in [5.41, 5.74) is 5.32. The van der Waals surface area contributed by atoms with Crippen LogP contribution in [0.5, 0.6) is 0 Å². The number of amides is 1. The van der Waals surface area contributed by atoms with E-state index in [9.17, 15) is 4.79 Å². The summed E-state index contributed by atoms with van der Waals surface area (Å²) in [6, 6.07) is 0. The van der Waals surface area contributed by atoms with Gasteiger partial charge in [0.1, 0.15) is 0 Å². The quantitative estimate of drug-likeness (QED) is 0.308. The number of hydrogen-bond acceptors (Lipinski definition) is 3. The van der Waals surface area contributed by atoms with Crippen LogP contribution in [0.1, 0.15) is 26.2 Å². The highest BCUT2D eigenvalue weighted by molar-refractivity contribution is 7.99. The Morgan fingerprint density at radius 2 is 2.43 bits per heavy atom. The zero-order chi connectivity index (χ0) is 15.5. The Balaban J connectivity index is 2.51. The number of nitrogens with one attached hydrogen (secondary N) is 1. The third-order valence-corrected chi connectivity index (χ3v) is 4.32. The minimum absolute atomic E-state index is 0.204. The van der Waals surface area contributed by atoms with E-state index in [0.29, 0.717) is 12.3 Å². The van der Waals surface area contributed by atoms with Crippen LogP contribution >= 0.6 is 11.8 Å². The molecule has 0 spiro atoms. The first-order valence-corrected chi connectivity index (χ1v) is 8.83. The molecule has 1 unspecified atom stereocenters. The summed E-state index contributed by atoms with van der Waals surface area (Å²) < 4.78 is 0. The molecule has 1 aliphatic rings. The number of primary amides is 1. The van der Waals surface area contributed by atoms with Crippen molar-refractivity contribution in [2.75, 3.05) is 37.7 Å². The van der Waals surface area contributed by atoms with Crippen LogP contribution < -0.4 is 11.1 Å². The number of guanidine groups is 1. The van der Waals surface area contributed by atoms with Gasteiger partial charge in [-0.25, -0.2) is 0 Å². The van der Waals surface area contributed by atoms with Crippen LogP contribution in [-0.2, 0) is 4.79 Å². The number of rotatable bonds is 8. The number of thioether (sulfide) groups is 1. The molecule has 1 atom stereocenters. The average molecular weight is 312 g/mol. The first-order chi connectivity index (χ1) is 10.2. The molecule has 0 aromatic heterocycles. The van der Waals surface area contributed by atoms with Crippen LogP contribution in [0.3, 0.4) is 0 Å². The lowest BCUT2D eigenvalue weighted by Crippen LogP contribution is -2.47. The minimum atomic E-state index is -0.204. The molecule has 1 rings (SSSR count). The zero-order valence-corrected chi connectivity index (χ0v) is 13.8. The Bertz CT molecular complexity index is 360. The number of nitrogens with zero attached hydrogens (tertiary/aromatic N) is 2. The Morgan fingerprint density at radius 3 is 3.10 bits per heavy atom. The molecule has 6 heteroatoms. The van der Waals surface area contributed by atoms with Crippen LogP contribution in [0, 0.1) is 5.92 Å². The van der Waals surface area contributed by atoms with Crippen molar-refractivity contribution in [2.45, 2.75) is 26.2 Å². The van der Waals surface area contributed by atoms with Crippen molar-refractivity contribution in [1.82, 2.24) is 10.2 Å². The lowest BCUT2D eigenvalue weighted by atomic mass is 9.95. The lowest BCUT2D eigenvalue weighted by Gasteiger charge is -2.34. The van der Waals surface area contributed by atoms with Gasteiger partial charge in [0.15, 0.2) is 5.96 Å². The van der Waals surface area contributed by atoms with Gasteiger partial charge >= 0.3 is 0 Å². The molecule has 21 heavy (non-hydrogen) atoms. The fraction of sp³-hybridized carbons (Fsp3) is 0.733.